The number of aliphatic imine (C=N–C) groups is 1. The highest BCUT2D eigenvalue weighted by atomic mass is 19.1. The molecule has 18 heavy (non-hydrogen) atoms. The smallest absolute Gasteiger partial charge is 0.191 e. The van der Waals surface area contributed by atoms with Gasteiger partial charge in [-0.15, -0.1) is 0 Å². The summed E-state index contributed by atoms with van der Waals surface area (Å²) in [6.45, 7) is 2.97. The first kappa shape index (κ1) is 11.5. The molecule has 1 heterocycles. The summed E-state index contributed by atoms with van der Waals surface area (Å²) in [4.78, 5) is 4.38. The highest BCUT2D eigenvalue weighted by Gasteiger charge is 2.31. The number of hydrogen-bond acceptors (Lipinski definition) is 3. The molecular weight excluding hydrogens is 229 g/mol. The maximum atomic E-state index is 13.1. The van der Waals surface area contributed by atoms with Crippen molar-refractivity contribution in [3.8, 4) is 0 Å². The quantitative estimate of drug-likeness (QED) is 0.838. The van der Waals surface area contributed by atoms with Crippen LogP contribution < -0.4 is 10.6 Å². The summed E-state index contributed by atoms with van der Waals surface area (Å²) in [5, 5.41) is 6.70. The molecule has 2 N–H and O–H groups in total. The van der Waals surface area contributed by atoms with E-state index in [9.17, 15) is 4.39 Å². The number of hydrogen-bond donors (Lipinski definition) is 2. The van der Waals surface area contributed by atoms with Gasteiger partial charge >= 0.3 is 0 Å². The number of guanidine groups is 1. The van der Waals surface area contributed by atoms with Crippen LogP contribution in [0, 0.1) is 5.82 Å². The second-order valence-electron chi connectivity index (χ2n) is 5.30. The molecule has 0 saturated heterocycles. The maximum absolute atomic E-state index is 13.1. The van der Waals surface area contributed by atoms with Crippen molar-refractivity contribution in [2.45, 2.75) is 37.8 Å². The molecule has 1 aliphatic heterocycles. The van der Waals surface area contributed by atoms with E-state index in [0.717, 1.165) is 30.9 Å². The molecule has 1 saturated carbocycles. The van der Waals surface area contributed by atoms with Gasteiger partial charge in [0, 0.05) is 12.1 Å². The Balaban J connectivity index is 1.51. The van der Waals surface area contributed by atoms with Crippen LogP contribution in [0.3, 0.4) is 0 Å². The molecule has 0 radical (unpaired) electrons. The zero-order chi connectivity index (χ0) is 12.5. The normalized spacial score (nSPS) is 30.3. The molecule has 3 rings (SSSR count). The van der Waals surface area contributed by atoms with Crippen LogP contribution in [-0.2, 0) is 0 Å². The van der Waals surface area contributed by atoms with E-state index in [-0.39, 0.29) is 5.82 Å². The SMILES string of the molecule is CC1CN=C(NC2CC(c3cccc(F)c3)C2)N1. The minimum Gasteiger partial charge on any atom is -0.354 e. The summed E-state index contributed by atoms with van der Waals surface area (Å²) >= 11 is 0. The van der Waals surface area contributed by atoms with Crippen LogP contribution in [0.1, 0.15) is 31.2 Å². The standard InChI is InChI=1S/C14H18FN3/c1-9-8-16-14(17-9)18-13-6-11(7-13)10-3-2-4-12(15)5-10/h2-5,9,11,13H,6-8H2,1H3,(H2,16,17,18). The fourth-order valence-corrected chi connectivity index (χ4v) is 2.60. The zero-order valence-corrected chi connectivity index (χ0v) is 10.5. The average Bonchev–Trinajstić information content (AvgIpc) is 2.69. The Hall–Kier alpha value is -1.58. The molecule has 1 atom stereocenters. The van der Waals surface area contributed by atoms with Gasteiger partial charge in [-0.3, -0.25) is 4.99 Å². The Kier molecular flexibility index (Phi) is 2.94. The van der Waals surface area contributed by atoms with E-state index in [1.165, 1.54) is 6.07 Å². The van der Waals surface area contributed by atoms with Crippen LogP contribution in [0.5, 0.6) is 0 Å². The predicted molar refractivity (Wildman–Crippen MR) is 70.2 cm³/mol. The maximum Gasteiger partial charge on any atom is 0.191 e. The first-order valence-electron chi connectivity index (χ1n) is 6.53. The van der Waals surface area contributed by atoms with E-state index in [0.29, 0.717) is 18.0 Å². The van der Waals surface area contributed by atoms with Crippen LogP contribution in [0.15, 0.2) is 29.3 Å². The summed E-state index contributed by atoms with van der Waals surface area (Å²) in [5.74, 6) is 1.27. The molecule has 1 fully saturated rings. The van der Waals surface area contributed by atoms with E-state index < -0.39 is 0 Å². The van der Waals surface area contributed by atoms with Gasteiger partial charge in [0.05, 0.1) is 6.54 Å². The molecule has 0 spiro atoms. The lowest BCUT2D eigenvalue weighted by Crippen LogP contribution is -2.48. The van der Waals surface area contributed by atoms with Crippen molar-refractivity contribution in [1.82, 2.24) is 10.6 Å². The summed E-state index contributed by atoms with van der Waals surface area (Å²) in [6.07, 6.45) is 2.11. The summed E-state index contributed by atoms with van der Waals surface area (Å²) in [7, 11) is 0. The Labute approximate surface area is 106 Å². The van der Waals surface area contributed by atoms with Gasteiger partial charge in [0.2, 0.25) is 0 Å². The monoisotopic (exact) mass is 247 g/mol. The van der Waals surface area contributed by atoms with Gasteiger partial charge in [0.25, 0.3) is 0 Å². The topological polar surface area (TPSA) is 36.4 Å². The highest BCUT2D eigenvalue weighted by molar-refractivity contribution is 5.82. The third-order valence-electron chi connectivity index (χ3n) is 3.71. The van der Waals surface area contributed by atoms with Crippen molar-refractivity contribution in [2.24, 2.45) is 4.99 Å². The third-order valence-corrected chi connectivity index (χ3v) is 3.71. The van der Waals surface area contributed by atoms with Crippen LogP contribution in [0.2, 0.25) is 0 Å². The van der Waals surface area contributed by atoms with Crippen LogP contribution in [-0.4, -0.2) is 24.6 Å². The number of halogens is 1. The van der Waals surface area contributed by atoms with Crippen molar-refractivity contribution in [3.63, 3.8) is 0 Å². The van der Waals surface area contributed by atoms with Crippen LogP contribution in [0.25, 0.3) is 0 Å². The lowest BCUT2D eigenvalue weighted by atomic mass is 9.76. The molecule has 1 aromatic rings. The fourth-order valence-electron chi connectivity index (χ4n) is 2.60. The van der Waals surface area contributed by atoms with Crippen LogP contribution >= 0.6 is 0 Å². The minimum absolute atomic E-state index is 0.139. The molecule has 1 aromatic carbocycles. The van der Waals surface area contributed by atoms with E-state index in [1.54, 1.807) is 12.1 Å². The number of rotatable bonds is 2. The fraction of sp³-hybridized carbons (Fsp3) is 0.500. The predicted octanol–water partition coefficient (Wildman–Crippen LogP) is 2.01. The lowest BCUT2D eigenvalue weighted by molar-refractivity contribution is 0.321. The molecule has 1 aliphatic carbocycles. The Morgan fingerprint density at radius 1 is 1.39 bits per heavy atom. The molecule has 0 bridgehead atoms. The van der Waals surface area contributed by atoms with Crippen molar-refractivity contribution in [3.05, 3.63) is 35.6 Å². The first-order valence-corrected chi connectivity index (χ1v) is 6.53. The highest BCUT2D eigenvalue weighted by Crippen LogP contribution is 2.36. The molecule has 0 aromatic heterocycles. The van der Waals surface area contributed by atoms with Crippen molar-refractivity contribution < 1.29 is 4.39 Å². The van der Waals surface area contributed by atoms with Gasteiger partial charge in [-0.05, 0) is 43.4 Å². The molecule has 3 nitrogen and oxygen atoms in total. The van der Waals surface area contributed by atoms with Gasteiger partial charge in [-0.25, -0.2) is 4.39 Å². The average molecular weight is 247 g/mol. The number of nitrogens with zero attached hydrogens (tertiary/aromatic N) is 1. The summed E-state index contributed by atoms with van der Waals surface area (Å²) in [5.41, 5.74) is 1.11. The summed E-state index contributed by atoms with van der Waals surface area (Å²) < 4.78 is 13.1. The van der Waals surface area contributed by atoms with Gasteiger partial charge in [-0.2, -0.15) is 0 Å². The Morgan fingerprint density at radius 2 is 2.22 bits per heavy atom. The van der Waals surface area contributed by atoms with Crippen molar-refractivity contribution in [1.29, 1.82) is 0 Å². The van der Waals surface area contributed by atoms with Crippen molar-refractivity contribution >= 4 is 5.96 Å². The molecule has 0 amide bonds. The Morgan fingerprint density at radius 3 is 2.89 bits per heavy atom. The molecule has 96 valence electrons. The van der Waals surface area contributed by atoms with Gasteiger partial charge in [-0.1, -0.05) is 12.1 Å². The number of benzene rings is 1. The number of nitrogens with one attached hydrogen (secondary N) is 2. The molecular formula is C14H18FN3. The molecule has 4 heteroatoms. The minimum atomic E-state index is -0.139. The Bertz CT molecular complexity index is 466. The first-order chi connectivity index (χ1) is 8.70. The van der Waals surface area contributed by atoms with E-state index in [2.05, 4.69) is 22.5 Å². The summed E-state index contributed by atoms with van der Waals surface area (Å²) in [6, 6.07) is 7.85. The van der Waals surface area contributed by atoms with Crippen molar-refractivity contribution in [2.75, 3.05) is 6.54 Å². The molecule has 2 aliphatic rings. The van der Waals surface area contributed by atoms with Gasteiger partial charge < -0.3 is 10.6 Å². The van der Waals surface area contributed by atoms with Crippen LogP contribution in [0.4, 0.5) is 4.39 Å². The largest absolute Gasteiger partial charge is 0.354 e. The van der Waals surface area contributed by atoms with Gasteiger partial charge in [0.15, 0.2) is 5.96 Å². The molecule has 1 unspecified atom stereocenters. The zero-order valence-electron chi connectivity index (χ0n) is 10.5. The van der Waals surface area contributed by atoms with Gasteiger partial charge in [0.1, 0.15) is 5.82 Å². The lowest BCUT2D eigenvalue weighted by Gasteiger charge is -2.36. The van der Waals surface area contributed by atoms with E-state index in [1.807, 2.05) is 6.07 Å². The third kappa shape index (κ3) is 2.33. The van der Waals surface area contributed by atoms with E-state index in [4.69, 9.17) is 0 Å². The second-order valence-corrected chi connectivity index (χ2v) is 5.30. The second kappa shape index (κ2) is 4.59. The van der Waals surface area contributed by atoms with E-state index >= 15 is 0 Å².